The number of aliphatic hydroxyl groups excluding tert-OH is 1. The van der Waals surface area contributed by atoms with Crippen molar-refractivity contribution in [2.75, 3.05) is 6.61 Å². The number of hydrogen-bond donors (Lipinski definition) is 1. The SMILES string of the molecule is CC1(C)C(CO)C1c1ccc(C(F)(F)F)cc1. The van der Waals surface area contributed by atoms with Crippen molar-refractivity contribution in [1.82, 2.24) is 0 Å². The van der Waals surface area contributed by atoms with E-state index < -0.39 is 11.7 Å². The Hall–Kier alpha value is -1.03. The first-order valence-corrected chi connectivity index (χ1v) is 5.56. The monoisotopic (exact) mass is 244 g/mol. The van der Waals surface area contributed by atoms with Gasteiger partial charge in [-0.05, 0) is 34.9 Å². The van der Waals surface area contributed by atoms with Crippen molar-refractivity contribution in [3.05, 3.63) is 35.4 Å². The fourth-order valence-electron chi connectivity index (χ4n) is 2.63. The summed E-state index contributed by atoms with van der Waals surface area (Å²) in [6.45, 7) is 4.13. The number of alkyl halides is 3. The van der Waals surface area contributed by atoms with E-state index in [0.717, 1.165) is 17.7 Å². The summed E-state index contributed by atoms with van der Waals surface area (Å²) >= 11 is 0. The molecule has 2 rings (SSSR count). The molecule has 1 fully saturated rings. The second kappa shape index (κ2) is 3.73. The molecule has 4 heteroatoms. The van der Waals surface area contributed by atoms with Crippen molar-refractivity contribution >= 4 is 0 Å². The quantitative estimate of drug-likeness (QED) is 0.845. The fraction of sp³-hybridized carbons (Fsp3) is 0.538. The minimum atomic E-state index is -4.28. The average Bonchev–Trinajstić information content (AvgIpc) is 2.79. The lowest BCUT2D eigenvalue weighted by atomic mass is 10.0. The molecule has 0 aromatic heterocycles. The zero-order chi connectivity index (χ0) is 12.8. The third-order valence-electron chi connectivity index (χ3n) is 3.84. The molecule has 0 bridgehead atoms. The molecule has 0 heterocycles. The summed E-state index contributed by atoms with van der Waals surface area (Å²) < 4.78 is 37.2. The predicted molar refractivity (Wildman–Crippen MR) is 58.5 cm³/mol. The van der Waals surface area contributed by atoms with Gasteiger partial charge in [-0.25, -0.2) is 0 Å². The van der Waals surface area contributed by atoms with Gasteiger partial charge >= 0.3 is 6.18 Å². The van der Waals surface area contributed by atoms with Gasteiger partial charge in [0.05, 0.1) is 5.56 Å². The van der Waals surface area contributed by atoms with E-state index >= 15 is 0 Å². The average molecular weight is 244 g/mol. The predicted octanol–water partition coefficient (Wildman–Crippen LogP) is 3.44. The summed E-state index contributed by atoms with van der Waals surface area (Å²) in [6.07, 6.45) is -4.28. The second-order valence-electron chi connectivity index (χ2n) is 5.21. The van der Waals surface area contributed by atoms with E-state index in [4.69, 9.17) is 0 Å². The van der Waals surface area contributed by atoms with E-state index in [1.54, 1.807) is 0 Å². The van der Waals surface area contributed by atoms with Crippen LogP contribution in [-0.4, -0.2) is 11.7 Å². The van der Waals surface area contributed by atoms with Gasteiger partial charge in [0.2, 0.25) is 0 Å². The van der Waals surface area contributed by atoms with Crippen LogP contribution >= 0.6 is 0 Å². The highest BCUT2D eigenvalue weighted by Gasteiger charge is 2.57. The third kappa shape index (κ3) is 2.06. The maximum Gasteiger partial charge on any atom is 0.416 e. The van der Waals surface area contributed by atoms with E-state index in [9.17, 15) is 18.3 Å². The van der Waals surface area contributed by atoms with Crippen LogP contribution in [0.2, 0.25) is 0 Å². The van der Waals surface area contributed by atoms with Gasteiger partial charge in [0, 0.05) is 6.61 Å². The van der Waals surface area contributed by atoms with E-state index in [0.29, 0.717) is 0 Å². The number of benzene rings is 1. The van der Waals surface area contributed by atoms with Gasteiger partial charge in [-0.15, -0.1) is 0 Å². The number of aliphatic hydroxyl groups is 1. The third-order valence-corrected chi connectivity index (χ3v) is 3.84. The van der Waals surface area contributed by atoms with Crippen molar-refractivity contribution in [3.8, 4) is 0 Å². The molecule has 1 nitrogen and oxygen atoms in total. The Morgan fingerprint density at radius 3 is 2.06 bits per heavy atom. The Balaban J connectivity index is 2.21. The zero-order valence-electron chi connectivity index (χ0n) is 9.75. The molecule has 1 saturated carbocycles. The zero-order valence-corrected chi connectivity index (χ0v) is 9.75. The van der Waals surface area contributed by atoms with Gasteiger partial charge in [0.1, 0.15) is 0 Å². The summed E-state index contributed by atoms with van der Waals surface area (Å²) in [5, 5.41) is 9.18. The van der Waals surface area contributed by atoms with E-state index in [1.807, 2.05) is 13.8 Å². The normalized spacial score (nSPS) is 26.9. The van der Waals surface area contributed by atoms with Crippen LogP contribution in [0.25, 0.3) is 0 Å². The first-order valence-electron chi connectivity index (χ1n) is 5.56. The van der Waals surface area contributed by atoms with Crippen LogP contribution < -0.4 is 0 Å². The lowest BCUT2D eigenvalue weighted by Gasteiger charge is -2.08. The Morgan fingerprint density at radius 2 is 1.71 bits per heavy atom. The topological polar surface area (TPSA) is 20.2 Å². The van der Waals surface area contributed by atoms with Gasteiger partial charge in [0.25, 0.3) is 0 Å². The van der Waals surface area contributed by atoms with Crippen LogP contribution in [0.15, 0.2) is 24.3 Å². The van der Waals surface area contributed by atoms with E-state index in [1.165, 1.54) is 12.1 Å². The van der Waals surface area contributed by atoms with Gasteiger partial charge in [-0.1, -0.05) is 26.0 Å². The van der Waals surface area contributed by atoms with E-state index in [2.05, 4.69) is 0 Å². The Morgan fingerprint density at radius 1 is 1.18 bits per heavy atom. The molecule has 0 spiro atoms. The highest BCUT2D eigenvalue weighted by Crippen LogP contribution is 2.64. The van der Waals surface area contributed by atoms with Crippen molar-refractivity contribution in [2.24, 2.45) is 11.3 Å². The highest BCUT2D eigenvalue weighted by molar-refractivity contribution is 5.34. The standard InChI is InChI=1S/C13H15F3O/c1-12(2)10(7-17)11(12)8-3-5-9(6-4-8)13(14,15)16/h3-6,10-11,17H,7H2,1-2H3. The van der Waals surface area contributed by atoms with E-state index in [-0.39, 0.29) is 23.9 Å². The van der Waals surface area contributed by atoms with Crippen LogP contribution in [0, 0.1) is 11.3 Å². The van der Waals surface area contributed by atoms with Gasteiger partial charge in [0.15, 0.2) is 0 Å². The first kappa shape index (κ1) is 12.4. The van der Waals surface area contributed by atoms with Crippen LogP contribution in [0.5, 0.6) is 0 Å². The minimum Gasteiger partial charge on any atom is -0.396 e. The smallest absolute Gasteiger partial charge is 0.396 e. The fourth-order valence-corrected chi connectivity index (χ4v) is 2.63. The molecule has 1 N–H and O–H groups in total. The lowest BCUT2D eigenvalue weighted by molar-refractivity contribution is -0.137. The summed E-state index contributed by atoms with van der Waals surface area (Å²) in [6, 6.07) is 5.26. The summed E-state index contributed by atoms with van der Waals surface area (Å²) in [5.41, 5.74) is 0.233. The molecule has 0 saturated heterocycles. The molecular formula is C13H15F3O. The molecule has 94 valence electrons. The second-order valence-corrected chi connectivity index (χ2v) is 5.21. The highest BCUT2D eigenvalue weighted by atomic mass is 19.4. The lowest BCUT2D eigenvalue weighted by Crippen LogP contribution is -2.04. The Bertz CT molecular complexity index is 406. The summed E-state index contributed by atoms with van der Waals surface area (Å²) in [7, 11) is 0. The van der Waals surface area contributed by atoms with Gasteiger partial charge in [-0.2, -0.15) is 13.2 Å². The Kier molecular flexibility index (Phi) is 2.73. The summed E-state index contributed by atoms with van der Waals surface area (Å²) in [5.74, 6) is 0.314. The minimum absolute atomic E-state index is 0.0193. The Labute approximate surface area is 98.3 Å². The van der Waals surface area contributed by atoms with Crippen LogP contribution in [0.1, 0.15) is 30.9 Å². The van der Waals surface area contributed by atoms with Gasteiger partial charge in [-0.3, -0.25) is 0 Å². The molecule has 1 aromatic carbocycles. The van der Waals surface area contributed by atoms with Crippen molar-refractivity contribution in [1.29, 1.82) is 0 Å². The van der Waals surface area contributed by atoms with Crippen LogP contribution in [-0.2, 0) is 6.18 Å². The number of halogens is 3. The summed E-state index contributed by atoms with van der Waals surface area (Å²) in [4.78, 5) is 0. The molecule has 2 unspecified atom stereocenters. The first-order chi connectivity index (χ1) is 7.78. The molecule has 17 heavy (non-hydrogen) atoms. The molecule has 0 radical (unpaired) electrons. The molecule has 1 aromatic rings. The maximum atomic E-state index is 12.4. The van der Waals surface area contributed by atoms with Crippen molar-refractivity contribution in [3.63, 3.8) is 0 Å². The van der Waals surface area contributed by atoms with Crippen LogP contribution in [0.3, 0.4) is 0 Å². The number of rotatable bonds is 2. The van der Waals surface area contributed by atoms with Crippen LogP contribution in [0.4, 0.5) is 13.2 Å². The van der Waals surface area contributed by atoms with Gasteiger partial charge < -0.3 is 5.11 Å². The maximum absolute atomic E-state index is 12.4. The molecule has 1 aliphatic rings. The molecular weight excluding hydrogens is 229 g/mol. The molecule has 0 aliphatic heterocycles. The largest absolute Gasteiger partial charge is 0.416 e. The molecule has 1 aliphatic carbocycles. The molecule has 2 atom stereocenters. The number of hydrogen-bond acceptors (Lipinski definition) is 1. The van der Waals surface area contributed by atoms with Crippen molar-refractivity contribution < 1.29 is 18.3 Å². The molecule has 0 amide bonds. The van der Waals surface area contributed by atoms with Crippen molar-refractivity contribution in [2.45, 2.75) is 25.9 Å².